The quantitative estimate of drug-likeness (QED) is 0.483. The summed E-state index contributed by atoms with van der Waals surface area (Å²) in [5, 5.41) is 14.3. The van der Waals surface area contributed by atoms with Crippen LogP contribution in [-0.4, -0.2) is 30.3 Å². The van der Waals surface area contributed by atoms with Crippen molar-refractivity contribution in [1.29, 1.82) is 0 Å². The van der Waals surface area contributed by atoms with Gasteiger partial charge >= 0.3 is 0 Å². The second-order valence-corrected chi connectivity index (χ2v) is 8.51. The van der Waals surface area contributed by atoms with Crippen molar-refractivity contribution in [2.45, 2.75) is 25.8 Å². The van der Waals surface area contributed by atoms with Crippen LogP contribution in [0.3, 0.4) is 0 Å². The highest BCUT2D eigenvalue weighted by molar-refractivity contribution is 7.25. The number of rotatable bonds is 4. The zero-order valence-corrected chi connectivity index (χ0v) is 17.1. The fourth-order valence-electron chi connectivity index (χ4n) is 3.78. The summed E-state index contributed by atoms with van der Waals surface area (Å²) in [6.45, 7) is 4.04. The number of hydrogen-bond acceptors (Lipinski definition) is 6. The number of benzene rings is 1. The maximum atomic E-state index is 13.5. The molecule has 9 heteroatoms. The summed E-state index contributed by atoms with van der Waals surface area (Å²) in [5.74, 6) is -0.613. The summed E-state index contributed by atoms with van der Waals surface area (Å²) >= 11 is 1.41. The topological polar surface area (TPSA) is 108 Å². The summed E-state index contributed by atoms with van der Waals surface area (Å²) in [4.78, 5) is 26.0. The van der Waals surface area contributed by atoms with E-state index in [0.717, 1.165) is 21.2 Å². The number of aromatic nitrogens is 5. The molecule has 1 atom stereocenters. The minimum Gasteiger partial charge on any atom is -0.368 e. The molecule has 0 spiro atoms. The Balaban J connectivity index is 1.83. The number of fused-ring (bicyclic) bond motifs is 4. The third kappa shape index (κ3) is 2.70. The van der Waals surface area contributed by atoms with Crippen molar-refractivity contribution in [1.82, 2.24) is 24.4 Å². The van der Waals surface area contributed by atoms with Crippen molar-refractivity contribution in [2.24, 2.45) is 5.73 Å². The zero-order chi connectivity index (χ0) is 21.0. The van der Waals surface area contributed by atoms with Crippen LogP contribution >= 0.6 is 11.3 Å². The lowest BCUT2D eigenvalue weighted by molar-refractivity contribution is -0.120. The summed E-state index contributed by atoms with van der Waals surface area (Å²) < 4.78 is 4.48. The molecule has 0 saturated heterocycles. The van der Waals surface area contributed by atoms with Crippen LogP contribution in [0.5, 0.6) is 0 Å². The third-order valence-electron chi connectivity index (χ3n) is 5.16. The van der Waals surface area contributed by atoms with Gasteiger partial charge in [-0.2, -0.15) is 5.10 Å². The van der Waals surface area contributed by atoms with Crippen molar-refractivity contribution in [2.75, 3.05) is 0 Å². The Morgan fingerprint density at radius 1 is 1.17 bits per heavy atom. The second-order valence-electron chi connectivity index (χ2n) is 7.46. The fourth-order valence-corrected chi connectivity index (χ4v) is 4.92. The monoisotopic (exact) mass is 418 g/mol. The van der Waals surface area contributed by atoms with Gasteiger partial charge in [-0.15, -0.1) is 21.5 Å². The molecule has 8 nitrogen and oxygen atoms in total. The van der Waals surface area contributed by atoms with E-state index in [0.29, 0.717) is 15.9 Å². The molecule has 1 amide bonds. The fraction of sp³-hybridized carbons (Fsp3) is 0.190. The number of amides is 1. The summed E-state index contributed by atoms with van der Waals surface area (Å²) in [6, 6.07) is 10.3. The average Bonchev–Trinajstić information content (AvgIpc) is 3.34. The molecule has 0 bridgehead atoms. The van der Waals surface area contributed by atoms with Gasteiger partial charge in [-0.25, -0.2) is 4.68 Å². The first-order chi connectivity index (χ1) is 14.5. The van der Waals surface area contributed by atoms with Crippen LogP contribution < -0.4 is 11.3 Å². The van der Waals surface area contributed by atoms with Gasteiger partial charge in [-0.3, -0.25) is 14.0 Å². The van der Waals surface area contributed by atoms with E-state index in [4.69, 9.17) is 5.73 Å². The number of pyridine rings is 1. The average molecular weight is 418 g/mol. The molecule has 4 aromatic heterocycles. The number of carbonyl (C=O) groups is 1. The Bertz CT molecular complexity index is 1500. The number of nitrogens with two attached hydrogens (primary N) is 1. The molecule has 0 saturated carbocycles. The highest BCUT2D eigenvalue weighted by Crippen LogP contribution is 2.36. The molecule has 0 aliphatic carbocycles. The van der Waals surface area contributed by atoms with Crippen LogP contribution in [-0.2, 0) is 4.79 Å². The predicted octanol–water partition coefficient (Wildman–Crippen LogP) is 2.85. The highest BCUT2D eigenvalue weighted by Gasteiger charge is 2.27. The van der Waals surface area contributed by atoms with E-state index >= 15 is 0 Å². The summed E-state index contributed by atoms with van der Waals surface area (Å²) in [7, 11) is 0. The van der Waals surface area contributed by atoms with E-state index in [9.17, 15) is 9.59 Å². The van der Waals surface area contributed by atoms with Gasteiger partial charge < -0.3 is 5.73 Å². The molecule has 5 rings (SSSR count). The van der Waals surface area contributed by atoms with Crippen LogP contribution in [0.2, 0.25) is 0 Å². The Labute approximate surface area is 174 Å². The lowest BCUT2D eigenvalue weighted by Crippen LogP contribution is -2.37. The number of carbonyl (C=O) groups excluding carboxylic acids is 1. The van der Waals surface area contributed by atoms with E-state index in [1.54, 1.807) is 22.7 Å². The Kier molecular flexibility index (Phi) is 4.14. The first-order valence-electron chi connectivity index (χ1n) is 9.48. The molecule has 0 aliphatic heterocycles. The molecular formula is C21H18N6O2S. The maximum Gasteiger partial charge on any atom is 0.285 e. The van der Waals surface area contributed by atoms with Gasteiger partial charge in [0.2, 0.25) is 5.91 Å². The molecule has 0 fully saturated rings. The van der Waals surface area contributed by atoms with Gasteiger partial charge in [0.05, 0.1) is 5.69 Å². The van der Waals surface area contributed by atoms with E-state index in [1.807, 2.05) is 38.1 Å². The maximum absolute atomic E-state index is 13.5. The molecule has 0 radical (unpaired) electrons. The molecule has 1 unspecified atom stereocenters. The second kappa shape index (κ2) is 6.74. The molecule has 150 valence electrons. The number of hydrogen-bond donors (Lipinski definition) is 1. The minimum atomic E-state index is -1.04. The number of thiophene rings is 1. The molecular weight excluding hydrogens is 400 g/mol. The predicted molar refractivity (Wildman–Crippen MR) is 116 cm³/mol. The summed E-state index contributed by atoms with van der Waals surface area (Å²) in [6.07, 6.45) is 3.23. The van der Waals surface area contributed by atoms with Crippen LogP contribution in [0.4, 0.5) is 0 Å². The number of primary amides is 1. The van der Waals surface area contributed by atoms with E-state index < -0.39 is 11.9 Å². The smallest absolute Gasteiger partial charge is 0.285 e. The lowest BCUT2D eigenvalue weighted by Gasteiger charge is -2.18. The van der Waals surface area contributed by atoms with Gasteiger partial charge in [0.15, 0.2) is 11.7 Å². The van der Waals surface area contributed by atoms with Crippen molar-refractivity contribution in [3.8, 4) is 0 Å². The molecule has 4 heterocycles. The van der Waals surface area contributed by atoms with Gasteiger partial charge in [0, 0.05) is 27.2 Å². The van der Waals surface area contributed by atoms with Crippen LogP contribution in [0, 0.1) is 0 Å². The third-order valence-corrected chi connectivity index (χ3v) is 6.32. The molecule has 2 N–H and O–H groups in total. The molecule has 5 aromatic rings. The summed E-state index contributed by atoms with van der Waals surface area (Å²) in [5.41, 5.74) is 7.36. The first kappa shape index (κ1) is 18.4. The molecule has 0 aliphatic rings. The van der Waals surface area contributed by atoms with Crippen molar-refractivity contribution in [3.63, 3.8) is 0 Å². The lowest BCUT2D eigenvalue weighted by atomic mass is 10.0. The van der Waals surface area contributed by atoms with E-state index in [1.165, 1.54) is 22.3 Å². The SMILES string of the molecule is CC(C)c1nn(C(C(N)=O)c2ccc3nncn3c2)c(=O)c2sc3ccccc3c12. The Hall–Kier alpha value is -3.59. The molecule has 30 heavy (non-hydrogen) atoms. The largest absolute Gasteiger partial charge is 0.368 e. The normalized spacial score (nSPS) is 12.9. The van der Waals surface area contributed by atoms with Gasteiger partial charge in [-0.05, 0) is 18.1 Å². The van der Waals surface area contributed by atoms with E-state index in [-0.39, 0.29) is 11.5 Å². The van der Waals surface area contributed by atoms with Crippen LogP contribution in [0.1, 0.15) is 37.1 Å². The first-order valence-corrected chi connectivity index (χ1v) is 10.3. The Morgan fingerprint density at radius 2 is 1.97 bits per heavy atom. The van der Waals surface area contributed by atoms with Gasteiger partial charge in [0.1, 0.15) is 11.0 Å². The van der Waals surface area contributed by atoms with E-state index in [2.05, 4.69) is 15.3 Å². The van der Waals surface area contributed by atoms with Crippen molar-refractivity contribution in [3.05, 3.63) is 70.5 Å². The highest BCUT2D eigenvalue weighted by atomic mass is 32.1. The van der Waals surface area contributed by atoms with Crippen LogP contribution in [0.15, 0.2) is 53.7 Å². The standard InChI is InChI=1S/C21H18N6O2S/c1-11(2)17-16-13-5-3-4-6-14(13)30-19(16)21(29)27(25-17)18(20(22)28)12-7-8-15-24-23-10-26(15)9-12/h3-11,18H,1-2H3,(H2,22,28). The van der Waals surface area contributed by atoms with Crippen LogP contribution in [0.25, 0.3) is 25.8 Å². The van der Waals surface area contributed by atoms with Gasteiger partial charge in [0.25, 0.3) is 5.56 Å². The molecule has 1 aromatic carbocycles. The van der Waals surface area contributed by atoms with Crippen molar-refractivity contribution < 1.29 is 4.79 Å². The van der Waals surface area contributed by atoms with Crippen molar-refractivity contribution >= 4 is 43.1 Å². The Morgan fingerprint density at radius 3 is 2.73 bits per heavy atom. The van der Waals surface area contributed by atoms with Gasteiger partial charge in [-0.1, -0.05) is 38.1 Å². The minimum absolute atomic E-state index is 0.0474. The zero-order valence-electron chi connectivity index (χ0n) is 16.3. The number of nitrogens with zero attached hydrogens (tertiary/aromatic N) is 5.